The van der Waals surface area contributed by atoms with E-state index in [4.69, 9.17) is 9.15 Å². The SMILES string of the molecule is COc1ccc(-c2nnc(Nc3ccc(C)cc3C)o2)cc1. The number of methoxy groups -OCH3 is 1. The van der Waals surface area contributed by atoms with Crippen LogP contribution in [0.4, 0.5) is 11.7 Å². The molecule has 0 fully saturated rings. The van der Waals surface area contributed by atoms with Gasteiger partial charge in [-0.1, -0.05) is 22.8 Å². The van der Waals surface area contributed by atoms with Gasteiger partial charge in [-0.05, 0) is 49.7 Å². The maximum Gasteiger partial charge on any atom is 0.320 e. The van der Waals surface area contributed by atoms with Gasteiger partial charge < -0.3 is 14.5 Å². The molecule has 0 spiro atoms. The van der Waals surface area contributed by atoms with E-state index in [0.29, 0.717) is 11.9 Å². The molecule has 2 aromatic carbocycles. The zero-order chi connectivity index (χ0) is 15.5. The summed E-state index contributed by atoms with van der Waals surface area (Å²) in [4.78, 5) is 0. The Morgan fingerprint density at radius 2 is 1.77 bits per heavy atom. The fraction of sp³-hybridized carbons (Fsp3) is 0.176. The third-order valence-electron chi connectivity index (χ3n) is 3.39. The molecule has 3 aromatic rings. The van der Waals surface area contributed by atoms with Gasteiger partial charge in [0.15, 0.2) is 0 Å². The fourth-order valence-corrected chi connectivity index (χ4v) is 2.19. The molecule has 1 aromatic heterocycles. The van der Waals surface area contributed by atoms with Crippen molar-refractivity contribution < 1.29 is 9.15 Å². The monoisotopic (exact) mass is 295 g/mol. The molecule has 0 saturated heterocycles. The van der Waals surface area contributed by atoms with Crippen LogP contribution in [0.25, 0.3) is 11.5 Å². The van der Waals surface area contributed by atoms with Crippen LogP contribution in [-0.4, -0.2) is 17.3 Å². The van der Waals surface area contributed by atoms with Crippen molar-refractivity contribution in [3.05, 3.63) is 53.6 Å². The van der Waals surface area contributed by atoms with Crippen molar-refractivity contribution >= 4 is 11.7 Å². The van der Waals surface area contributed by atoms with Crippen molar-refractivity contribution in [2.75, 3.05) is 12.4 Å². The molecule has 0 aliphatic carbocycles. The van der Waals surface area contributed by atoms with Crippen molar-refractivity contribution in [3.8, 4) is 17.2 Å². The van der Waals surface area contributed by atoms with E-state index in [1.165, 1.54) is 5.56 Å². The Morgan fingerprint density at radius 3 is 2.45 bits per heavy atom. The van der Waals surface area contributed by atoms with Crippen molar-refractivity contribution in [2.24, 2.45) is 0 Å². The summed E-state index contributed by atoms with van der Waals surface area (Å²) in [6.45, 7) is 4.10. The standard InChI is InChI=1S/C17H17N3O2/c1-11-4-9-15(12(2)10-11)18-17-20-19-16(22-17)13-5-7-14(21-3)8-6-13/h4-10H,1-3H3,(H,18,20). The minimum atomic E-state index is 0.373. The van der Waals surface area contributed by atoms with Gasteiger partial charge in [0, 0.05) is 11.3 Å². The molecule has 1 heterocycles. The van der Waals surface area contributed by atoms with E-state index in [1.54, 1.807) is 7.11 Å². The molecule has 0 amide bonds. The van der Waals surface area contributed by atoms with E-state index < -0.39 is 0 Å². The van der Waals surface area contributed by atoms with Gasteiger partial charge in [-0.15, -0.1) is 5.10 Å². The van der Waals surface area contributed by atoms with Crippen molar-refractivity contribution in [3.63, 3.8) is 0 Å². The molecule has 0 radical (unpaired) electrons. The van der Waals surface area contributed by atoms with Crippen LogP contribution in [0.3, 0.4) is 0 Å². The van der Waals surface area contributed by atoms with Crippen LogP contribution in [0.2, 0.25) is 0 Å². The second-order valence-electron chi connectivity index (χ2n) is 5.08. The Bertz CT molecular complexity index is 779. The summed E-state index contributed by atoms with van der Waals surface area (Å²) in [6.07, 6.45) is 0. The minimum Gasteiger partial charge on any atom is -0.497 e. The predicted molar refractivity (Wildman–Crippen MR) is 85.5 cm³/mol. The van der Waals surface area contributed by atoms with Gasteiger partial charge in [-0.2, -0.15) is 0 Å². The first-order chi connectivity index (χ1) is 10.7. The Balaban J connectivity index is 1.81. The Hall–Kier alpha value is -2.82. The van der Waals surface area contributed by atoms with E-state index in [1.807, 2.05) is 43.3 Å². The molecule has 0 unspecified atom stereocenters. The molecule has 3 rings (SSSR count). The van der Waals surface area contributed by atoms with Crippen LogP contribution in [0.1, 0.15) is 11.1 Å². The number of rotatable bonds is 4. The van der Waals surface area contributed by atoms with Crippen LogP contribution < -0.4 is 10.1 Å². The van der Waals surface area contributed by atoms with Crippen LogP contribution >= 0.6 is 0 Å². The zero-order valence-corrected chi connectivity index (χ0v) is 12.8. The van der Waals surface area contributed by atoms with E-state index in [0.717, 1.165) is 22.6 Å². The van der Waals surface area contributed by atoms with Crippen molar-refractivity contribution in [2.45, 2.75) is 13.8 Å². The smallest absolute Gasteiger partial charge is 0.320 e. The van der Waals surface area contributed by atoms with Gasteiger partial charge in [-0.3, -0.25) is 0 Å². The maximum atomic E-state index is 5.66. The average Bonchev–Trinajstić information content (AvgIpc) is 2.99. The summed E-state index contributed by atoms with van der Waals surface area (Å²) in [6, 6.07) is 14.0. The molecule has 22 heavy (non-hydrogen) atoms. The lowest BCUT2D eigenvalue weighted by Crippen LogP contribution is -1.93. The number of aryl methyl sites for hydroxylation is 2. The molecule has 0 aliphatic heterocycles. The summed E-state index contributed by atoms with van der Waals surface area (Å²) in [5.41, 5.74) is 4.15. The largest absolute Gasteiger partial charge is 0.497 e. The highest BCUT2D eigenvalue weighted by molar-refractivity contribution is 5.60. The van der Waals surface area contributed by atoms with Gasteiger partial charge >= 0.3 is 6.01 Å². The first-order valence-electron chi connectivity index (χ1n) is 6.98. The van der Waals surface area contributed by atoms with Gasteiger partial charge in [0.2, 0.25) is 5.89 Å². The van der Waals surface area contributed by atoms with Crippen LogP contribution in [-0.2, 0) is 0 Å². The minimum absolute atomic E-state index is 0.373. The highest BCUT2D eigenvalue weighted by Crippen LogP contribution is 2.25. The number of nitrogens with zero attached hydrogens (tertiary/aromatic N) is 2. The quantitative estimate of drug-likeness (QED) is 0.785. The van der Waals surface area contributed by atoms with E-state index >= 15 is 0 Å². The Labute approximate surface area is 129 Å². The molecule has 1 N–H and O–H groups in total. The second kappa shape index (κ2) is 5.89. The molecule has 112 valence electrons. The number of anilines is 2. The number of aromatic nitrogens is 2. The number of hydrogen-bond donors (Lipinski definition) is 1. The van der Waals surface area contributed by atoms with Gasteiger partial charge in [0.05, 0.1) is 7.11 Å². The lowest BCUT2D eigenvalue weighted by atomic mass is 10.1. The predicted octanol–water partition coefficient (Wildman–Crippen LogP) is 4.11. The molecule has 0 atom stereocenters. The van der Waals surface area contributed by atoms with Crippen LogP contribution in [0.5, 0.6) is 5.75 Å². The van der Waals surface area contributed by atoms with Crippen LogP contribution in [0.15, 0.2) is 46.9 Å². The number of nitrogens with one attached hydrogen (secondary N) is 1. The maximum absolute atomic E-state index is 5.66. The van der Waals surface area contributed by atoms with E-state index in [9.17, 15) is 0 Å². The lowest BCUT2D eigenvalue weighted by molar-refractivity contribution is 0.415. The number of benzene rings is 2. The lowest BCUT2D eigenvalue weighted by Gasteiger charge is -2.06. The zero-order valence-electron chi connectivity index (χ0n) is 12.8. The summed E-state index contributed by atoms with van der Waals surface area (Å²) in [7, 11) is 1.63. The summed E-state index contributed by atoms with van der Waals surface area (Å²) in [5.74, 6) is 1.26. The van der Waals surface area contributed by atoms with Crippen LogP contribution in [0, 0.1) is 13.8 Å². The van der Waals surface area contributed by atoms with Gasteiger partial charge in [-0.25, -0.2) is 0 Å². The third-order valence-corrected chi connectivity index (χ3v) is 3.39. The fourth-order valence-electron chi connectivity index (χ4n) is 2.19. The summed E-state index contributed by atoms with van der Waals surface area (Å²) in [5, 5.41) is 11.2. The van der Waals surface area contributed by atoms with Gasteiger partial charge in [0.1, 0.15) is 5.75 Å². The normalized spacial score (nSPS) is 10.5. The van der Waals surface area contributed by atoms with Crippen molar-refractivity contribution in [1.82, 2.24) is 10.2 Å². The Kier molecular flexibility index (Phi) is 3.78. The molecular formula is C17H17N3O2. The number of ether oxygens (including phenoxy) is 1. The first kappa shape index (κ1) is 14.1. The Morgan fingerprint density at radius 1 is 1.00 bits per heavy atom. The summed E-state index contributed by atoms with van der Waals surface area (Å²) >= 11 is 0. The molecule has 5 heteroatoms. The molecule has 0 saturated carbocycles. The van der Waals surface area contributed by atoms with Crippen molar-refractivity contribution in [1.29, 1.82) is 0 Å². The number of hydrogen-bond acceptors (Lipinski definition) is 5. The van der Waals surface area contributed by atoms with E-state index in [-0.39, 0.29) is 0 Å². The first-order valence-corrected chi connectivity index (χ1v) is 6.98. The van der Waals surface area contributed by atoms with E-state index in [2.05, 4.69) is 28.5 Å². The second-order valence-corrected chi connectivity index (χ2v) is 5.08. The average molecular weight is 295 g/mol. The molecular weight excluding hydrogens is 278 g/mol. The summed E-state index contributed by atoms with van der Waals surface area (Å²) < 4.78 is 10.8. The van der Waals surface area contributed by atoms with Gasteiger partial charge in [0.25, 0.3) is 0 Å². The highest BCUT2D eigenvalue weighted by atomic mass is 16.5. The molecule has 0 bridgehead atoms. The highest BCUT2D eigenvalue weighted by Gasteiger charge is 2.09. The molecule has 5 nitrogen and oxygen atoms in total. The topological polar surface area (TPSA) is 60.2 Å². The third kappa shape index (κ3) is 2.93. The molecule has 0 aliphatic rings.